The van der Waals surface area contributed by atoms with Crippen LogP contribution >= 0.6 is 0 Å². The first-order valence-corrected chi connectivity index (χ1v) is 19.4. The molecule has 58 heavy (non-hydrogen) atoms. The summed E-state index contributed by atoms with van der Waals surface area (Å²) < 4.78 is 12.9. The molecule has 0 N–H and O–H groups in total. The molecule has 0 saturated heterocycles. The van der Waals surface area contributed by atoms with Crippen molar-refractivity contribution in [1.29, 1.82) is 0 Å². The van der Waals surface area contributed by atoms with Crippen molar-refractivity contribution in [2.45, 2.75) is 41.5 Å². The van der Waals surface area contributed by atoms with Gasteiger partial charge in [0.05, 0.1) is 0 Å². The fourth-order valence-electron chi connectivity index (χ4n) is 8.01. The Morgan fingerprint density at radius 1 is 0.500 bits per heavy atom. The summed E-state index contributed by atoms with van der Waals surface area (Å²) in [5.41, 5.74) is 19.3. The van der Waals surface area contributed by atoms with Gasteiger partial charge in [0.2, 0.25) is 6.71 Å². The fraction of sp³-hybridized carbons (Fsp3) is 0.115. The summed E-state index contributed by atoms with van der Waals surface area (Å²) >= 11 is 0. The number of para-hydroxylation sites is 2. The Kier molecular flexibility index (Phi) is 10.7. The average molecular weight is 929 g/mol. The molecule has 0 atom stereocenters. The van der Waals surface area contributed by atoms with E-state index >= 15 is 0 Å². The molecule has 0 bridgehead atoms. The van der Waals surface area contributed by atoms with Crippen LogP contribution in [-0.2, 0) is 20.1 Å². The Bertz CT molecular complexity index is 2830. The zero-order valence-corrected chi connectivity index (χ0v) is 35.8. The zero-order chi connectivity index (χ0) is 39.2. The number of hydrogen-bond acceptors (Lipinski definition) is 4. The molecule has 10 rings (SSSR count). The van der Waals surface area contributed by atoms with Gasteiger partial charge in [-0.15, -0.1) is 41.5 Å². The molecular weight excluding hydrogens is 888 g/mol. The summed E-state index contributed by atoms with van der Waals surface area (Å²) in [7, 11) is 0. The summed E-state index contributed by atoms with van der Waals surface area (Å²) in [6.07, 6.45) is 3.91. The van der Waals surface area contributed by atoms with Crippen LogP contribution in [0.1, 0.15) is 33.4 Å². The summed E-state index contributed by atoms with van der Waals surface area (Å²) in [5, 5.41) is 0. The Labute approximate surface area is 355 Å². The Morgan fingerprint density at radius 3 is 1.86 bits per heavy atom. The van der Waals surface area contributed by atoms with Crippen LogP contribution in [0.15, 0.2) is 140 Å². The van der Waals surface area contributed by atoms with Gasteiger partial charge >= 0.3 is 0 Å². The molecule has 0 saturated carbocycles. The molecule has 4 nitrogen and oxygen atoms in total. The first-order chi connectivity index (χ1) is 27.7. The number of aryl methyl sites for hydroxylation is 6. The van der Waals surface area contributed by atoms with E-state index in [2.05, 4.69) is 150 Å². The second-order valence-electron chi connectivity index (χ2n) is 15.1. The number of fused-ring (bicyclic) bond motifs is 4. The number of nitrogens with zero attached hydrogens (tertiary/aromatic N) is 2. The molecule has 0 fully saturated rings. The molecule has 0 unspecified atom stereocenters. The molecule has 1 radical (unpaired) electrons. The van der Waals surface area contributed by atoms with Crippen molar-refractivity contribution in [2.24, 2.45) is 0 Å². The molecule has 0 amide bonds. The van der Waals surface area contributed by atoms with Crippen LogP contribution < -0.4 is 25.9 Å². The van der Waals surface area contributed by atoms with Gasteiger partial charge < -0.3 is 19.4 Å². The third kappa shape index (κ3) is 7.19. The molecule has 0 aliphatic carbocycles. The van der Waals surface area contributed by atoms with Crippen LogP contribution in [0.2, 0.25) is 0 Å². The number of pyridine rings is 2. The van der Waals surface area contributed by atoms with Crippen molar-refractivity contribution < 1.29 is 29.6 Å². The van der Waals surface area contributed by atoms with E-state index in [4.69, 9.17) is 14.5 Å². The third-order valence-corrected chi connectivity index (χ3v) is 11.2. The number of hydrogen-bond donors (Lipinski definition) is 0. The second kappa shape index (κ2) is 16.1. The first-order valence-electron chi connectivity index (χ1n) is 19.4. The van der Waals surface area contributed by atoms with Gasteiger partial charge in [-0.3, -0.25) is 0 Å². The van der Waals surface area contributed by atoms with E-state index in [1.807, 2.05) is 48.8 Å². The van der Waals surface area contributed by atoms with Crippen molar-refractivity contribution in [1.82, 2.24) is 9.97 Å². The van der Waals surface area contributed by atoms with Gasteiger partial charge in [0.1, 0.15) is 11.5 Å². The van der Waals surface area contributed by atoms with E-state index < -0.39 is 0 Å². The summed E-state index contributed by atoms with van der Waals surface area (Å²) in [6, 6.07) is 50.8. The normalized spacial score (nSPS) is 11.7. The van der Waals surface area contributed by atoms with Crippen molar-refractivity contribution >= 4 is 23.1 Å². The second-order valence-corrected chi connectivity index (χ2v) is 15.1. The number of aromatic nitrogens is 2. The van der Waals surface area contributed by atoms with E-state index in [0.717, 1.165) is 67.5 Å². The summed E-state index contributed by atoms with van der Waals surface area (Å²) in [6.45, 7) is 12.8. The predicted molar refractivity (Wildman–Crippen MR) is 234 cm³/mol. The van der Waals surface area contributed by atoms with Gasteiger partial charge in [-0.25, -0.2) is 0 Å². The van der Waals surface area contributed by atoms with E-state index in [1.54, 1.807) is 0 Å². The van der Waals surface area contributed by atoms with E-state index in [0.29, 0.717) is 0 Å². The van der Waals surface area contributed by atoms with Crippen LogP contribution in [0.25, 0.3) is 44.8 Å². The van der Waals surface area contributed by atoms with Crippen molar-refractivity contribution in [3.8, 4) is 67.8 Å². The minimum atomic E-state index is 0. The zero-order valence-electron chi connectivity index (χ0n) is 33.4. The maximum Gasteiger partial charge on any atom is 0.239 e. The molecule has 2 aliphatic heterocycles. The van der Waals surface area contributed by atoms with E-state index in [1.165, 1.54) is 50.1 Å². The molecule has 2 aromatic heterocycles. The van der Waals surface area contributed by atoms with Gasteiger partial charge in [0.15, 0.2) is 0 Å². The SMILES string of the molecule is Cc1ccc(-c2cnc(-c3[c-]cc4c5c3Oc3ccccc3B5c3ccccc3O4)cc2C)c(C)c1.Cc1cnc(-c2[c-]cc(C)c(-c3ccccc3)c2)cc1C.[Ir]. The van der Waals surface area contributed by atoms with E-state index in [9.17, 15) is 0 Å². The first kappa shape index (κ1) is 38.8. The molecular formula is C52H41BIrN2O2-2. The monoisotopic (exact) mass is 929 g/mol. The maximum absolute atomic E-state index is 6.56. The Balaban J connectivity index is 0.000000183. The van der Waals surface area contributed by atoms with Crippen LogP contribution in [0.4, 0.5) is 0 Å². The Hall–Kier alpha value is -6.07. The molecule has 6 heteroatoms. The minimum Gasteiger partial charge on any atom is -0.503 e. The van der Waals surface area contributed by atoms with Crippen LogP contribution in [-0.4, -0.2) is 16.7 Å². The number of ether oxygens (including phenoxy) is 2. The van der Waals surface area contributed by atoms with Crippen molar-refractivity contribution in [3.63, 3.8) is 0 Å². The number of benzene rings is 6. The summed E-state index contributed by atoms with van der Waals surface area (Å²) in [4.78, 5) is 9.45. The quantitative estimate of drug-likeness (QED) is 0.130. The molecule has 0 spiro atoms. The van der Waals surface area contributed by atoms with Gasteiger partial charge in [-0.1, -0.05) is 132 Å². The predicted octanol–water partition coefficient (Wildman–Crippen LogP) is 11.0. The van der Waals surface area contributed by atoms with Crippen LogP contribution in [0.5, 0.6) is 23.0 Å². The van der Waals surface area contributed by atoms with Gasteiger partial charge in [0.25, 0.3) is 0 Å². The maximum atomic E-state index is 6.56. The molecule has 285 valence electrons. The van der Waals surface area contributed by atoms with Crippen LogP contribution in [0.3, 0.4) is 0 Å². The van der Waals surface area contributed by atoms with Crippen LogP contribution in [0, 0.1) is 53.7 Å². The molecule has 6 aromatic carbocycles. The third-order valence-electron chi connectivity index (χ3n) is 11.2. The smallest absolute Gasteiger partial charge is 0.239 e. The molecule has 2 aliphatic rings. The van der Waals surface area contributed by atoms with E-state index in [-0.39, 0.29) is 26.8 Å². The van der Waals surface area contributed by atoms with Crippen molar-refractivity contribution in [2.75, 3.05) is 0 Å². The average Bonchev–Trinajstić information content (AvgIpc) is 3.23. The fourth-order valence-corrected chi connectivity index (χ4v) is 8.01. The minimum absolute atomic E-state index is 0. The topological polar surface area (TPSA) is 44.2 Å². The standard InChI is InChI=1S/C32H23BNO2.C20H18N.Ir/c1-19-12-13-22(20(2)16-19)24-18-34-27(17-21(24)3)23-14-15-30-31-32(23)36-29-11-7-5-9-26(29)33(31)25-8-4-6-10-28(25)35-30;1-14-9-10-18(20-11-15(2)16(3)13-21-20)12-19(14)17-7-5-4-6-8-17;/h4-13,15-18H,1-3H3;4-9,11-13H,1-3H3;/q2*-1;. The largest absolute Gasteiger partial charge is 0.503 e. The molecule has 4 heterocycles. The van der Waals surface area contributed by atoms with Gasteiger partial charge in [-0.2, -0.15) is 0 Å². The van der Waals surface area contributed by atoms with Crippen molar-refractivity contribution in [3.05, 3.63) is 185 Å². The molecule has 8 aromatic rings. The number of rotatable bonds is 4. The van der Waals surface area contributed by atoms with Gasteiger partial charge in [-0.05, 0) is 96.9 Å². The Morgan fingerprint density at radius 2 is 1.16 bits per heavy atom. The summed E-state index contributed by atoms with van der Waals surface area (Å²) in [5.74, 6) is 3.31. The van der Waals surface area contributed by atoms with Gasteiger partial charge in [0, 0.05) is 49.6 Å².